The predicted octanol–water partition coefficient (Wildman–Crippen LogP) is 3.86. The Kier molecular flexibility index (Phi) is 6.38. The molecule has 0 aliphatic carbocycles. The highest BCUT2D eigenvalue weighted by Crippen LogP contribution is 2.15. The normalized spacial score (nSPS) is 11.0. The van der Waals surface area contributed by atoms with Gasteiger partial charge in [0.25, 0.3) is 0 Å². The topological polar surface area (TPSA) is 61.9 Å². The van der Waals surface area contributed by atoms with Crippen LogP contribution in [0.2, 0.25) is 0 Å². The molecule has 0 bridgehead atoms. The maximum atomic E-state index is 12.9. The van der Waals surface area contributed by atoms with Crippen molar-refractivity contribution in [3.8, 4) is 0 Å². The zero-order chi connectivity index (χ0) is 19.1. The van der Waals surface area contributed by atoms with E-state index >= 15 is 0 Å². The molecule has 27 heavy (non-hydrogen) atoms. The van der Waals surface area contributed by atoms with Gasteiger partial charge >= 0.3 is 0 Å². The highest BCUT2D eigenvalue weighted by atomic mass is 32.2. The Bertz CT molecular complexity index is 909. The summed E-state index contributed by atoms with van der Waals surface area (Å²) in [5.74, 6) is 0.534. The highest BCUT2D eigenvalue weighted by Gasteiger charge is 2.12. The summed E-state index contributed by atoms with van der Waals surface area (Å²) in [4.78, 5) is 18.2. The monoisotopic (exact) mass is 382 g/mol. The van der Waals surface area contributed by atoms with Crippen LogP contribution in [0.4, 0.5) is 4.39 Å². The van der Waals surface area contributed by atoms with Crippen LogP contribution in [0.1, 0.15) is 17.0 Å². The molecule has 1 heterocycles. The zero-order valence-electron chi connectivity index (χ0n) is 14.8. The van der Waals surface area contributed by atoms with E-state index in [1.54, 1.807) is 24.1 Å². The Morgan fingerprint density at radius 1 is 1.15 bits per heavy atom. The van der Waals surface area contributed by atoms with Crippen LogP contribution >= 0.6 is 11.8 Å². The second kappa shape index (κ2) is 9.14. The SMILES string of the molecule is CN(Cc1ccc(F)cc1)C(=O)CSc1n[nH]c(/C=C/c2ccccc2)n1. The van der Waals surface area contributed by atoms with Gasteiger partial charge in [-0.25, -0.2) is 9.37 Å². The molecule has 0 atom stereocenters. The van der Waals surface area contributed by atoms with E-state index in [4.69, 9.17) is 0 Å². The predicted molar refractivity (Wildman–Crippen MR) is 105 cm³/mol. The summed E-state index contributed by atoms with van der Waals surface area (Å²) >= 11 is 1.27. The van der Waals surface area contributed by atoms with Crippen molar-refractivity contribution >= 4 is 29.8 Å². The Morgan fingerprint density at radius 3 is 2.63 bits per heavy atom. The number of carbonyl (C=O) groups excluding carboxylic acids is 1. The van der Waals surface area contributed by atoms with Crippen LogP contribution in [0, 0.1) is 5.82 Å². The van der Waals surface area contributed by atoms with E-state index in [2.05, 4.69) is 15.2 Å². The molecule has 3 aromatic rings. The Morgan fingerprint density at radius 2 is 1.89 bits per heavy atom. The molecule has 0 radical (unpaired) electrons. The number of halogens is 1. The Hall–Kier alpha value is -2.93. The fraction of sp³-hybridized carbons (Fsp3) is 0.150. The van der Waals surface area contributed by atoms with Gasteiger partial charge in [0.1, 0.15) is 11.6 Å². The first-order chi connectivity index (χ1) is 13.1. The maximum Gasteiger partial charge on any atom is 0.233 e. The minimum absolute atomic E-state index is 0.0458. The molecule has 3 rings (SSSR count). The number of carbonyl (C=O) groups is 1. The largest absolute Gasteiger partial charge is 0.341 e. The highest BCUT2D eigenvalue weighted by molar-refractivity contribution is 7.99. The summed E-state index contributed by atoms with van der Waals surface area (Å²) in [6, 6.07) is 16.0. The smallest absolute Gasteiger partial charge is 0.233 e. The van der Waals surface area contributed by atoms with Crippen molar-refractivity contribution in [2.75, 3.05) is 12.8 Å². The summed E-state index contributed by atoms with van der Waals surface area (Å²) in [5.41, 5.74) is 1.95. The fourth-order valence-electron chi connectivity index (χ4n) is 2.32. The first-order valence-electron chi connectivity index (χ1n) is 8.37. The molecule has 1 N–H and O–H groups in total. The van der Waals surface area contributed by atoms with Crippen LogP contribution < -0.4 is 0 Å². The molecule has 0 unspecified atom stereocenters. The maximum absolute atomic E-state index is 12.9. The van der Waals surface area contributed by atoms with Crippen LogP contribution in [-0.4, -0.2) is 38.8 Å². The number of H-pyrrole nitrogens is 1. The minimum Gasteiger partial charge on any atom is -0.341 e. The fourth-order valence-corrected chi connectivity index (χ4v) is 3.07. The first-order valence-corrected chi connectivity index (χ1v) is 9.35. The number of benzene rings is 2. The molecular formula is C20H19FN4OS. The van der Waals surface area contributed by atoms with Crippen molar-refractivity contribution in [1.82, 2.24) is 20.1 Å². The number of amides is 1. The van der Waals surface area contributed by atoms with Crippen LogP contribution in [0.25, 0.3) is 12.2 Å². The lowest BCUT2D eigenvalue weighted by atomic mass is 10.2. The molecule has 7 heteroatoms. The summed E-state index contributed by atoms with van der Waals surface area (Å²) in [5, 5.41) is 7.48. The number of nitrogens with one attached hydrogen (secondary N) is 1. The van der Waals surface area contributed by atoms with Gasteiger partial charge in [0.05, 0.1) is 5.75 Å². The molecule has 0 saturated heterocycles. The van der Waals surface area contributed by atoms with Gasteiger partial charge in [-0.15, -0.1) is 5.10 Å². The molecule has 138 valence electrons. The molecule has 0 spiro atoms. The van der Waals surface area contributed by atoms with Gasteiger partial charge in [0.15, 0.2) is 0 Å². The second-order valence-corrected chi connectivity index (χ2v) is 6.85. The average Bonchev–Trinajstić information content (AvgIpc) is 3.15. The van der Waals surface area contributed by atoms with E-state index in [9.17, 15) is 9.18 Å². The summed E-state index contributed by atoms with van der Waals surface area (Å²) in [6.45, 7) is 0.429. The lowest BCUT2D eigenvalue weighted by molar-refractivity contribution is -0.127. The van der Waals surface area contributed by atoms with Crippen molar-refractivity contribution in [2.24, 2.45) is 0 Å². The van der Waals surface area contributed by atoms with Crippen LogP contribution in [0.5, 0.6) is 0 Å². The Balaban J connectivity index is 1.49. The van der Waals surface area contributed by atoms with E-state index in [-0.39, 0.29) is 17.5 Å². The van der Waals surface area contributed by atoms with Gasteiger partial charge < -0.3 is 4.90 Å². The van der Waals surface area contributed by atoms with E-state index in [1.807, 2.05) is 42.5 Å². The number of hydrogen-bond donors (Lipinski definition) is 1. The van der Waals surface area contributed by atoms with Gasteiger partial charge in [0, 0.05) is 13.6 Å². The van der Waals surface area contributed by atoms with Crippen molar-refractivity contribution < 1.29 is 9.18 Å². The third-order valence-electron chi connectivity index (χ3n) is 3.80. The van der Waals surface area contributed by atoms with E-state index < -0.39 is 0 Å². The molecule has 0 fully saturated rings. The van der Waals surface area contributed by atoms with Crippen LogP contribution in [-0.2, 0) is 11.3 Å². The number of hydrogen-bond acceptors (Lipinski definition) is 4. The summed E-state index contributed by atoms with van der Waals surface area (Å²) in [7, 11) is 1.72. The first kappa shape index (κ1) is 18.8. The molecule has 1 aromatic heterocycles. The lowest BCUT2D eigenvalue weighted by Gasteiger charge is -2.16. The average molecular weight is 382 g/mol. The lowest BCUT2D eigenvalue weighted by Crippen LogP contribution is -2.27. The van der Waals surface area contributed by atoms with Crippen molar-refractivity contribution in [3.05, 3.63) is 77.4 Å². The summed E-state index contributed by atoms with van der Waals surface area (Å²) in [6.07, 6.45) is 3.78. The van der Waals surface area contributed by atoms with Gasteiger partial charge in [-0.3, -0.25) is 9.89 Å². The zero-order valence-corrected chi connectivity index (χ0v) is 15.6. The number of aromatic amines is 1. The number of rotatable bonds is 7. The van der Waals surface area contributed by atoms with E-state index in [0.29, 0.717) is 17.5 Å². The van der Waals surface area contributed by atoms with Crippen LogP contribution in [0.15, 0.2) is 59.8 Å². The van der Waals surface area contributed by atoms with Crippen molar-refractivity contribution in [1.29, 1.82) is 0 Å². The molecule has 0 aliphatic heterocycles. The third-order valence-corrected chi connectivity index (χ3v) is 4.63. The molecule has 0 aliphatic rings. The standard InChI is InChI=1S/C20H19FN4OS/c1-25(13-16-7-10-17(21)11-8-16)19(26)14-27-20-22-18(23-24-20)12-9-15-5-3-2-4-6-15/h2-12H,13-14H2,1H3,(H,22,23,24)/b12-9+. The van der Waals surface area contributed by atoms with Gasteiger partial charge in [-0.2, -0.15) is 0 Å². The van der Waals surface area contributed by atoms with Crippen molar-refractivity contribution in [2.45, 2.75) is 11.7 Å². The molecule has 1 amide bonds. The molecule has 2 aromatic carbocycles. The van der Waals surface area contributed by atoms with Gasteiger partial charge in [-0.1, -0.05) is 60.3 Å². The molecule has 0 saturated carbocycles. The van der Waals surface area contributed by atoms with Gasteiger partial charge in [0.2, 0.25) is 11.1 Å². The minimum atomic E-state index is -0.287. The van der Waals surface area contributed by atoms with E-state index in [0.717, 1.165) is 11.1 Å². The molecule has 5 nitrogen and oxygen atoms in total. The molecular weight excluding hydrogens is 363 g/mol. The number of aromatic nitrogens is 3. The van der Waals surface area contributed by atoms with E-state index in [1.165, 1.54) is 23.9 Å². The quantitative estimate of drug-likeness (QED) is 0.630. The van der Waals surface area contributed by atoms with Crippen molar-refractivity contribution in [3.63, 3.8) is 0 Å². The number of thioether (sulfide) groups is 1. The number of nitrogens with zero attached hydrogens (tertiary/aromatic N) is 3. The summed E-state index contributed by atoms with van der Waals surface area (Å²) < 4.78 is 12.9. The van der Waals surface area contributed by atoms with Gasteiger partial charge in [-0.05, 0) is 29.3 Å². The van der Waals surface area contributed by atoms with Crippen LogP contribution in [0.3, 0.4) is 0 Å². The Labute approximate surface area is 161 Å². The third kappa shape index (κ3) is 5.79. The second-order valence-electron chi connectivity index (χ2n) is 5.91.